The molecule has 1 heterocycles. The number of carboxylic acids is 1. The number of carbonyl (C=O) groups is 1. The zero-order valence-electron chi connectivity index (χ0n) is 8.24. The molecule has 0 aromatic carbocycles. The average molecular weight is 201 g/mol. The Bertz CT molecular complexity index is 340. The fourth-order valence-corrected chi connectivity index (χ4v) is 0.865. The lowest BCUT2D eigenvalue weighted by atomic mass is 10.1. The number of aromatic nitrogens is 1. The van der Waals surface area contributed by atoms with Crippen LogP contribution in [0.5, 0.6) is 0 Å². The molecule has 0 saturated carbocycles. The number of aliphatic carboxylic acids is 1. The molecule has 78 valence electrons. The fraction of sp³-hybridized carbons (Fsp3) is 0.556. The van der Waals surface area contributed by atoms with E-state index in [1.54, 1.807) is 0 Å². The minimum absolute atomic E-state index is 0.0261. The molecule has 0 fully saturated rings. The highest BCUT2D eigenvalue weighted by molar-refractivity contribution is 5.73. The minimum atomic E-state index is -1.61. The molecule has 0 saturated heterocycles. The van der Waals surface area contributed by atoms with Crippen LogP contribution in [0.4, 0.5) is 4.39 Å². The highest BCUT2D eigenvalue weighted by Gasteiger charge is 2.26. The summed E-state index contributed by atoms with van der Waals surface area (Å²) in [4.78, 5) is 14.3. The van der Waals surface area contributed by atoms with Crippen molar-refractivity contribution in [2.45, 2.75) is 32.4 Å². The zero-order chi connectivity index (χ0) is 10.9. The van der Waals surface area contributed by atoms with Crippen molar-refractivity contribution in [3.05, 3.63) is 17.8 Å². The van der Waals surface area contributed by atoms with E-state index in [0.29, 0.717) is 0 Å². The Labute approximate surface area is 80.8 Å². The topological polar surface area (TPSA) is 63.3 Å². The van der Waals surface area contributed by atoms with Gasteiger partial charge in [0.2, 0.25) is 5.89 Å². The molecule has 1 aromatic rings. The summed E-state index contributed by atoms with van der Waals surface area (Å²) in [7, 11) is 0. The van der Waals surface area contributed by atoms with E-state index in [9.17, 15) is 9.18 Å². The molecule has 1 atom stereocenters. The first kappa shape index (κ1) is 10.7. The van der Waals surface area contributed by atoms with Crippen molar-refractivity contribution < 1.29 is 18.7 Å². The third-order valence-corrected chi connectivity index (χ3v) is 1.87. The van der Waals surface area contributed by atoms with Crippen LogP contribution in [0.25, 0.3) is 0 Å². The summed E-state index contributed by atoms with van der Waals surface area (Å²) in [6, 6.07) is 0. The van der Waals surface area contributed by atoms with Crippen LogP contribution in [0.15, 0.2) is 10.7 Å². The van der Waals surface area contributed by atoms with Gasteiger partial charge in [0.1, 0.15) is 23.5 Å². The molecule has 0 spiro atoms. The van der Waals surface area contributed by atoms with Gasteiger partial charge in [0, 0.05) is 0 Å². The van der Waals surface area contributed by atoms with E-state index in [1.165, 1.54) is 20.8 Å². The van der Waals surface area contributed by atoms with E-state index in [1.807, 2.05) is 0 Å². The van der Waals surface area contributed by atoms with Crippen LogP contribution in [0.2, 0.25) is 0 Å². The lowest BCUT2D eigenvalue weighted by Crippen LogP contribution is -2.11. The van der Waals surface area contributed by atoms with Gasteiger partial charge in [-0.05, 0) is 20.8 Å². The summed E-state index contributed by atoms with van der Waals surface area (Å²) in [5.74, 6) is -1.88. The lowest BCUT2D eigenvalue weighted by molar-refractivity contribution is -0.138. The molecule has 0 aliphatic rings. The second-order valence-electron chi connectivity index (χ2n) is 3.60. The van der Waals surface area contributed by atoms with Gasteiger partial charge < -0.3 is 9.52 Å². The molecule has 1 N–H and O–H groups in total. The van der Waals surface area contributed by atoms with Crippen molar-refractivity contribution in [1.29, 1.82) is 0 Å². The van der Waals surface area contributed by atoms with E-state index >= 15 is 0 Å². The van der Waals surface area contributed by atoms with E-state index < -0.39 is 17.6 Å². The molecule has 4 nitrogen and oxygen atoms in total. The highest BCUT2D eigenvalue weighted by Crippen LogP contribution is 2.25. The van der Waals surface area contributed by atoms with Crippen LogP contribution >= 0.6 is 0 Å². The third-order valence-electron chi connectivity index (χ3n) is 1.87. The van der Waals surface area contributed by atoms with Gasteiger partial charge in [-0.1, -0.05) is 0 Å². The third kappa shape index (κ3) is 2.10. The van der Waals surface area contributed by atoms with Crippen LogP contribution < -0.4 is 0 Å². The monoisotopic (exact) mass is 201 g/mol. The van der Waals surface area contributed by atoms with Gasteiger partial charge in [0.15, 0.2) is 0 Å². The molecule has 0 aliphatic carbocycles. The maximum Gasteiger partial charge on any atom is 0.315 e. The molecule has 5 heteroatoms. The lowest BCUT2D eigenvalue weighted by Gasteiger charge is -2.08. The smallest absolute Gasteiger partial charge is 0.315 e. The molecular formula is C9H12FNO3. The van der Waals surface area contributed by atoms with Gasteiger partial charge in [0.05, 0.1) is 0 Å². The normalized spacial score (nSPS) is 14.0. The first-order valence-electron chi connectivity index (χ1n) is 4.20. The molecule has 0 amide bonds. The van der Waals surface area contributed by atoms with Crippen LogP contribution in [0.1, 0.15) is 38.3 Å². The summed E-state index contributed by atoms with van der Waals surface area (Å²) < 4.78 is 18.2. The summed E-state index contributed by atoms with van der Waals surface area (Å²) >= 11 is 0. The number of rotatable bonds is 3. The molecule has 14 heavy (non-hydrogen) atoms. The van der Waals surface area contributed by atoms with E-state index in [-0.39, 0.29) is 11.6 Å². The van der Waals surface area contributed by atoms with Crippen molar-refractivity contribution in [3.8, 4) is 0 Å². The summed E-state index contributed by atoms with van der Waals surface area (Å²) in [5, 5.41) is 8.65. The number of halogens is 1. The Morgan fingerprint density at radius 3 is 2.64 bits per heavy atom. The first-order valence-corrected chi connectivity index (χ1v) is 4.20. The van der Waals surface area contributed by atoms with Crippen molar-refractivity contribution in [2.24, 2.45) is 0 Å². The standard InChI is InChI=1S/C9H12FNO3/c1-5(8(12)13)7-11-6(4-14-7)9(2,3)10/h4-5H,1-3H3,(H,12,13). The fourth-order valence-electron chi connectivity index (χ4n) is 0.865. The Morgan fingerprint density at radius 1 is 1.71 bits per heavy atom. The van der Waals surface area contributed by atoms with Crippen molar-refractivity contribution in [2.75, 3.05) is 0 Å². The average Bonchev–Trinajstić information content (AvgIpc) is 2.49. The van der Waals surface area contributed by atoms with Crippen LogP contribution in [-0.2, 0) is 10.5 Å². The van der Waals surface area contributed by atoms with Crippen molar-refractivity contribution >= 4 is 5.97 Å². The SMILES string of the molecule is CC(C(=O)O)c1nc(C(C)(C)F)co1. The van der Waals surface area contributed by atoms with Gasteiger partial charge in [-0.15, -0.1) is 0 Å². The maximum absolute atomic E-state index is 13.3. The van der Waals surface area contributed by atoms with E-state index in [0.717, 1.165) is 6.26 Å². The van der Waals surface area contributed by atoms with Gasteiger partial charge in [-0.25, -0.2) is 9.37 Å². The van der Waals surface area contributed by atoms with Crippen molar-refractivity contribution in [3.63, 3.8) is 0 Å². The highest BCUT2D eigenvalue weighted by atomic mass is 19.1. The maximum atomic E-state index is 13.3. The molecule has 0 radical (unpaired) electrons. The summed E-state index contributed by atoms with van der Waals surface area (Å²) in [6.45, 7) is 4.10. The second kappa shape index (κ2) is 3.40. The number of hydrogen-bond acceptors (Lipinski definition) is 3. The first-order chi connectivity index (χ1) is 6.32. The van der Waals surface area contributed by atoms with Gasteiger partial charge in [-0.3, -0.25) is 4.79 Å². The zero-order valence-corrected chi connectivity index (χ0v) is 8.24. The Balaban J connectivity index is 2.94. The Morgan fingerprint density at radius 2 is 2.29 bits per heavy atom. The van der Waals surface area contributed by atoms with Gasteiger partial charge in [-0.2, -0.15) is 0 Å². The second-order valence-corrected chi connectivity index (χ2v) is 3.60. The molecule has 1 unspecified atom stereocenters. The Hall–Kier alpha value is -1.39. The largest absolute Gasteiger partial charge is 0.481 e. The molecular weight excluding hydrogens is 189 g/mol. The van der Waals surface area contributed by atoms with Gasteiger partial charge in [0.25, 0.3) is 0 Å². The summed E-state index contributed by atoms with van der Waals surface area (Å²) in [5.41, 5.74) is -1.50. The predicted molar refractivity (Wildman–Crippen MR) is 46.7 cm³/mol. The van der Waals surface area contributed by atoms with E-state index in [2.05, 4.69) is 4.98 Å². The predicted octanol–water partition coefficient (Wildman–Crippen LogP) is 2.07. The molecule has 0 bridgehead atoms. The molecule has 0 aliphatic heterocycles. The number of hydrogen-bond donors (Lipinski definition) is 1. The van der Waals surface area contributed by atoms with E-state index in [4.69, 9.17) is 9.52 Å². The number of alkyl halides is 1. The van der Waals surface area contributed by atoms with Gasteiger partial charge >= 0.3 is 5.97 Å². The van der Waals surface area contributed by atoms with Crippen LogP contribution in [0, 0.1) is 0 Å². The Kier molecular flexibility index (Phi) is 2.59. The molecule has 1 aromatic heterocycles. The number of nitrogens with zero attached hydrogens (tertiary/aromatic N) is 1. The van der Waals surface area contributed by atoms with Crippen LogP contribution in [0.3, 0.4) is 0 Å². The number of carboxylic acid groups (broad SMARTS) is 1. The summed E-state index contributed by atoms with van der Waals surface area (Å²) in [6.07, 6.45) is 1.15. The van der Waals surface area contributed by atoms with Crippen LogP contribution in [-0.4, -0.2) is 16.1 Å². The minimum Gasteiger partial charge on any atom is -0.481 e. The van der Waals surface area contributed by atoms with Crippen molar-refractivity contribution in [1.82, 2.24) is 4.98 Å². The quantitative estimate of drug-likeness (QED) is 0.813. The molecule has 1 rings (SSSR count). The number of oxazole rings is 1.